The van der Waals surface area contributed by atoms with Crippen molar-refractivity contribution in [2.24, 2.45) is 7.05 Å². The van der Waals surface area contributed by atoms with Crippen LogP contribution in [-0.2, 0) is 7.05 Å². The van der Waals surface area contributed by atoms with Crippen LogP contribution in [0.3, 0.4) is 0 Å². The van der Waals surface area contributed by atoms with E-state index in [0.717, 1.165) is 0 Å². The number of aromatic nitrogens is 6. The normalized spacial score (nSPS) is 10.5. The summed E-state index contributed by atoms with van der Waals surface area (Å²) in [6, 6.07) is 0. The number of aryl methyl sites for hydroxylation is 1. The van der Waals surface area contributed by atoms with E-state index in [1.165, 1.54) is 11.8 Å². The van der Waals surface area contributed by atoms with E-state index in [1.54, 1.807) is 10.9 Å². The van der Waals surface area contributed by atoms with E-state index in [4.69, 9.17) is 11.6 Å². The minimum atomic E-state index is 0.153. The van der Waals surface area contributed by atoms with Gasteiger partial charge in [-0.1, -0.05) is 0 Å². The van der Waals surface area contributed by atoms with E-state index in [1.807, 2.05) is 14.0 Å². The van der Waals surface area contributed by atoms with Crippen LogP contribution in [-0.4, -0.2) is 36.3 Å². The highest BCUT2D eigenvalue weighted by Gasteiger charge is 2.09. The Morgan fingerprint density at radius 1 is 1.41 bits per heavy atom. The molecule has 2 rings (SSSR count). The van der Waals surface area contributed by atoms with Gasteiger partial charge in [0.15, 0.2) is 5.16 Å². The number of nitrogens with one attached hydrogen (secondary N) is 1. The Kier molecular flexibility index (Phi) is 3.75. The van der Waals surface area contributed by atoms with Crippen molar-refractivity contribution >= 4 is 29.3 Å². The van der Waals surface area contributed by atoms with Crippen LogP contribution in [0.1, 0.15) is 6.92 Å². The fourth-order valence-electron chi connectivity index (χ4n) is 1.06. The fourth-order valence-corrected chi connectivity index (χ4v) is 1.98. The van der Waals surface area contributed by atoms with Gasteiger partial charge in [0.1, 0.15) is 6.33 Å². The largest absolute Gasteiger partial charge is 0.354 e. The second kappa shape index (κ2) is 5.28. The van der Waals surface area contributed by atoms with Crippen LogP contribution < -0.4 is 5.32 Å². The van der Waals surface area contributed by atoms with Gasteiger partial charge < -0.3 is 9.88 Å². The van der Waals surface area contributed by atoms with Gasteiger partial charge in [-0.05, 0) is 30.3 Å². The summed E-state index contributed by atoms with van der Waals surface area (Å²) in [6.07, 6.45) is 1.61. The molecule has 2 aromatic heterocycles. The van der Waals surface area contributed by atoms with E-state index in [2.05, 4.69) is 30.5 Å². The number of hydrogen-bond acceptors (Lipinski definition) is 7. The molecule has 17 heavy (non-hydrogen) atoms. The summed E-state index contributed by atoms with van der Waals surface area (Å²) in [4.78, 5) is 12.2. The summed E-state index contributed by atoms with van der Waals surface area (Å²) in [5, 5.41) is 12.0. The zero-order valence-corrected chi connectivity index (χ0v) is 10.8. The van der Waals surface area contributed by atoms with E-state index >= 15 is 0 Å². The second-order valence-electron chi connectivity index (χ2n) is 3.07. The summed E-state index contributed by atoms with van der Waals surface area (Å²) < 4.78 is 1.77. The van der Waals surface area contributed by atoms with Gasteiger partial charge >= 0.3 is 0 Å². The van der Waals surface area contributed by atoms with E-state index in [0.29, 0.717) is 22.8 Å². The molecule has 2 heterocycles. The number of nitrogens with zero attached hydrogens (tertiary/aromatic N) is 6. The summed E-state index contributed by atoms with van der Waals surface area (Å²) in [5.41, 5.74) is 0. The number of anilines is 1. The highest BCUT2D eigenvalue weighted by atomic mass is 35.5. The first-order valence-electron chi connectivity index (χ1n) is 4.86. The van der Waals surface area contributed by atoms with Crippen LogP contribution in [0.4, 0.5) is 5.95 Å². The van der Waals surface area contributed by atoms with Crippen LogP contribution in [0, 0.1) is 0 Å². The third-order valence-corrected chi connectivity index (χ3v) is 2.86. The van der Waals surface area contributed by atoms with Gasteiger partial charge in [0, 0.05) is 13.6 Å². The molecule has 7 nitrogen and oxygen atoms in total. The Balaban J connectivity index is 2.23. The Morgan fingerprint density at radius 2 is 2.24 bits per heavy atom. The predicted octanol–water partition coefficient (Wildman–Crippen LogP) is 1.24. The van der Waals surface area contributed by atoms with Gasteiger partial charge in [-0.3, -0.25) is 0 Å². The lowest BCUT2D eigenvalue weighted by Crippen LogP contribution is -2.04. The standard InChI is InChI=1S/C8H10ClN7S/c1-3-10-6-12-5(9)13-7(14-6)17-8-15-11-4-16(8)2/h4H,3H2,1-2H3,(H,10,12,13,14). The zero-order valence-electron chi connectivity index (χ0n) is 9.25. The van der Waals surface area contributed by atoms with Crippen molar-refractivity contribution in [3.05, 3.63) is 11.6 Å². The van der Waals surface area contributed by atoms with Gasteiger partial charge in [-0.2, -0.15) is 15.0 Å². The summed E-state index contributed by atoms with van der Waals surface area (Å²) in [6.45, 7) is 2.67. The minimum Gasteiger partial charge on any atom is -0.354 e. The van der Waals surface area contributed by atoms with E-state index in [9.17, 15) is 0 Å². The Labute approximate surface area is 107 Å². The molecule has 0 aliphatic heterocycles. The Morgan fingerprint density at radius 3 is 2.88 bits per heavy atom. The molecule has 9 heteroatoms. The number of hydrogen-bond donors (Lipinski definition) is 1. The van der Waals surface area contributed by atoms with E-state index < -0.39 is 0 Å². The van der Waals surface area contributed by atoms with Crippen LogP contribution in [0.2, 0.25) is 5.28 Å². The molecule has 0 fully saturated rings. The molecule has 90 valence electrons. The summed E-state index contributed by atoms with van der Waals surface area (Å²) in [5.74, 6) is 0.456. The summed E-state index contributed by atoms with van der Waals surface area (Å²) in [7, 11) is 1.84. The lowest BCUT2D eigenvalue weighted by molar-refractivity contribution is 0.782. The van der Waals surface area contributed by atoms with Crippen molar-refractivity contribution < 1.29 is 0 Å². The maximum Gasteiger partial charge on any atom is 0.228 e. The van der Waals surface area contributed by atoms with Crippen molar-refractivity contribution in [1.82, 2.24) is 29.7 Å². The molecular weight excluding hydrogens is 262 g/mol. The average Bonchev–Trinajstić information content (AvgIpc) is 2.64. The van der Waals surface area contributed by atoms with Gasteiger partial charge in [-0.15, -0.1) is 10.2 Å². The van der Waals surface area contributed by atoms with Crippen molar-refractivity contribution in [2.45, 2.75) is 17.2 Å². The predicted molar refractivity (Wildman–Crippen MR) is 64.1 cm³/mol. The van der Waals surface area contributed by atoms with Crippen LogP contribution in [0.15, 0.2) is 16.6 Å². The van der Waals surface area contributed by atoms with E-state index in [-0.39, 0.29) is 5.28 Å². The first kappa shape index (κ1) is 12.1. The maximum absolute atomic E-state index is 5.81. The number of halogens is 1. The number of rotatable bonds is 4. The van der Waals surface area contributed by atoms with Crippen molar-refractivity contribution in [2.75, 3.05) is 11.9 Å². The molecule has 0 spiro atoms. The molecule has 0 saturated heterocycles. The Bertz CT molecular complexity index is 514. The van der Waals surface area contributed by atoms with Crippen LogP contribution in [0.5, 0.6) is 0 Å². The third-order valence-electron chi connectivity index (χ3n) is 1.77. The molecule has 0 aliphatic carbocycles. The molecule has 2 aromatic rings. The zero-order chi connectivity index (χ0) is 12.3. The van der Waals surface area contributed by atoms with Gasteiger partial charge in [-0.25, -0.2) is 0 Å². The third kappa shape index (κ3) is 3.04. The van der Waals surface area contributed by atoms with Gasteiger partial charge in [0.2, 0.25) is 16.4 Å². The molecule has 0 unspecified atom stereocenters. The molecule has 0 amide bonds. The average molecular weight is 272 g/mol. The SMILES string of the molecule is CCNc1nc(Cl)nc(Sc2nncn2C)n1. The lowest BCUT2D eigenvalue weighted by atomic mass is 10.7. The molecule has 0 saturated carbocycles. The van der Waals surface area contributed by atoms with Gasteiger partial charge in [0.05, 0.1) is 0 Å². The monoisotopic (exact) mass is 271 g/mol. The lowest BCUT2D eigenvalue weighted by Gasteiger charge is -2.03. The molecule has 0 bridgehead atoms. The van der Waals surface area contributed by atoms with Crippen molar-refractivity contribution in [3.8, 4) is 0 Å². The van der Waals surface area contributed by atoms with Crippen LogP contribution in [0.25, 0.3) is 0 Å². The molecule has 0 aromatic carbocycles. The Hall–Kier alpha value is -1.41. The quantitative estimate of drug-likeness (QED) is 0.896. The highest BCUT2D eigenvalue weighted by Crippen LogP contribution is 2.23. The first-order valence-corrected chi connectivity index (χ1v) is 6.05. The molecule has 1 N–H and O–H groups in total. The van der Waals surface area contributed by atoms with Gasteiger partial charge in [0.25, 0.3) is 0 Å². The van der Waals surface area contributed by atoms with Crippen molar-refractivity contribution in [3.63, 3.8) is 0 Å². The topological polar surface area (TPSA) is 81.4 Å². The minimum absolute atomic E-state index is 0.153. The van der Waals surface area contributed by atoms with Crippen LogP contribution >= 0.6 is 23.4 Å². The summed E-state index contributed by atoms with van der Waals surface area (Å²) >= 11 is 7.09. The molecule has 0 atom stereocenters. The molecular formula is C8H10ClN7S. The molecule has 0 aliphatic rings. The maximum atomic E-state index is 5.81. The molecule has 0 radical (unpaired) electrons. The van der Waals surface area contributed by atoms with Crippen molar-refractivity contribution in [1.29, 1.82) is 0 Å². The second-order valence-corrected chi connectivity index (χ2v) is 4.34. The highest BCUT2D eigenvalue weighted by molar-refractivity contribution is 7.99. The fraction of sp³-hybridized carbons (Fsp3) is 0.375. The first-order chi connectivity index (χ1) is 8.19. The smallest absolute Gasteiger partial charge is 0.228 e.